The third-order valence-electron chi connectivity index (χ3n) is 2.36. The number of thiazole rings is 1. The third-order valence-corrected chi connectivity index (χ3v) is 5.47. The minimum Gasteiger partial charge on any atom is -0.478 e. The molecular formula is C11H8Cl2N2O4S2. The molecule has 0 aliphatic heterocycles. The third kappa shape index (κ3) is 3.46. The van der Waals surface area contributed by atoms with Gasteiger partial charge in [0.1, 0.15) is 4.90 Å². The first-order valence-corrected chi connectivity index (χ1v) is 8.50. The van der Waals surface area contributed by atoms with E-state index in [9.17, 15) is 13.2 Å². The van der Waals surface area contributed by atoms with Crippen LogP contribution in [0.1, 0.15) is 16.1 Å². The Morgan fingerprint density at radius 1 is 1.38 bits per heavy atom. The van der Waals surface area contributed by atoms with Gasteiger partial charge in [-0.3, -0.25) is 4.72 Å². The molecule has 0 radical (unpaired) electrons. The molecule has 0 unspecified atom stereocenters. The zero-order valence-corrected chi connectivity index (χ0v) is 13.6. The van der Waals surface area contributed by atoms with Gasteiger partial charge in [0.2, 0.25) is 0 Å². The first-order valence-electron chi connectivity index (χ1n) is 5.38. The van der Waals surface area contributed by atoms with E-state index in [1.807, 2.05) is 0 Å². The molecule has 0 saturated carbocycles. The van der Waals surface area contributed by atoms with Gasteiger partial charge in [-0.15, -0.1) is 11.3 Å². The van der Waals surface area contributed by atoms with Crippen LogP contribution in [0.25, 0.3) is 0 Å². The Balaban J connectivity index is 2.52. The van der Waals surface area contributed by atoms with Crippen LogP contribution in [0.3, 0.4) is 0 Å². The van der Waals surface area contributed by atoms with Crippen LogP contribution in [0.5, 0.6) is 0 Å². The number of benzene rings is 1. The largest absolute Gasteiger partial charge is 0.478 e. The maximum Gasteiger partial charge on any atom is 0.337 e. The Bertz CT molecular complexity index is 818. The van der Waals surface area contributed by atoms with Gasteiger partial charge in [0.25, 0.3) is 10.0 Å². The average Bonchev–Trinajstić information content (AvgIpc) is 2.76. The van der Waals surface area contributed by atoms with Gasteiger partial charge in [-0.2, -0.15) is 0 Å². The van der Waals surface area contributed by atoms with Crippen molar-refractivity contribution in [2.24, 2.45) is 0 Å². The van der Waals surface area contributed by atoms with E-state index < -0.39 is 25.9 Å². The van der Waals surface area contributed by atoms with Crippen LogP contribution in [0, 0.1) is 6.92 Å². The van der Waals surface area contributed by atoms with Crippen molar-refractivity contribution in [2.45, 2.75) is 11.8 Å². The lowest BCUT2D eigenvalue weighted by molar-refractivity contribution is 0.0697. The molecule has 0 amide bonds. The minimum absolute atomic E-state index is 0.0486. The van der Waals surface area contributed by atoms with E-state index in [-0.39, 0.29) is 15.7 Å². The molecule has 1 aromatic carbocycles. The second-order valence-electron chi connectivity index (χ2n) is 3.97. The number of halogens is 2. The van der Waals surface area contributed by atoms with Gasteiger partial charge < -0.3 is 5.11 Å². The number of aryl methyl sites for hydroxylation is 1. The Labute approximate surface area is 134 Å². The van der Waals surface area contributed by atoms with Gasteiger partial charge in [-0.25, -0.2) is 18.2 Å². The van der Waals surface area contributed by atoms with Crippen LogP contribution in [0.15, 0.2) is 22.4 Å². The van der Waals surface area contributed by atoms with Crippen LogP contribution in [-0.2, 0) is 10.0 Å². The number of nitrogens with one attached hydrogen (secondary N) is 1. The molecule has 0 saturated heterocycles. The van der Waals surface area contributed by atoms with Crippen LogP contribution in [0.2, 0.25) is 10.0 Å². The summed E-state index contributed by atoms with van der Waals surface area (Å²) in [6.07, 6.45) is 0. The summed E-state index contributed by atoms with van der Waals surface area (Å²) >= 11 is 12.7. The number of carboxylic acids is 1. The predicted molar refractivity (Wildman–Crippen MR) is 81.1 cm³/mol. The molecular weight excluding hydrogens is 359 g/mol. The molecule has 6 nitrogen and oxygen atoms in total. The number of carbonyl (C=O) groups is 1. The molecule has 0 spiro atoms. The Hall–Kier alpha value is -1.35. The van der Waals surface area contributed by atoms with Crippen molar-refractivity contribution in [3.63, 3.8) is 0 Å². The monoisotopic (exact) mass is 366 g/mol. The summed E-state index contributed by atoms with van der Waals surface area (Å²) in [5, 5.41) is 10.4. The summed E-state index contributed by atoms with van der Waals surface area (Å²) in [4.78, 5) is 14.6. The highest BCUT2D eigenvalue weighted by Gasteiger charge is 2.24. The highest BCUT2D eigenvalue weighted by molar-refractivity contribution is 7.93. The fourth-order valence-corrected chi connectivity index (χ4v) is 4.33. The number of hydrogen-bond acceptors (Lipinski definition) is 5. The van der Waals surface area contributed by atoms with Gasteiger partial charge in [0, 0.05) is 10.4 Å². The molecule has 0 aliphatic rings. The fourth-order valence-electron chi connectivity index (χ4n) is 1.49. The second-order valence-corrected chi connectivity index (χ2v) is 7.29. The SMILES string of the molecule is Cc1csc(NS(=O)(=O)c2cc(Cl)cc(C(=O)O)c2Cl)n1. The quantitative estimate of drug-likeness (QED) is 0.865. The standard InChI is InChI=1S/C11H8Cl2N2O4S2/c1-5-4-20-11(14-5)15-21(18,19)8-3-6(12)2-7(9(8)13)10(16)17/h2-4H,1H3,(H,14,15)(H,16,17). The average molecular weight is 367 g/mol. The van der Waals surface area contributed by atoms with Crippen LogP contribution in [-0.4, -0.2) is 24.5 Å². The molecule has 2 N–H and O–H groups in total. The first-order chi connectivity index (χ1) is 9.70. The van der Waals surface area contributed by atoms with E-state index in [4.69, 9.17) is 28.3 Å². The minimum atomic E-state index is -4.09. The van der Waals surface area contributed by atoms with Crippen LogP contribution in [0.4, 0.5) is 5.13 Å². The molecule has 1 aromatic heterocycles. The maximum atomic E-state index is 12.3. The zero-order valence-electron chi connectivity index (χ0n) is 10.4. The van der Waals surface area contributed by atoms with Gasteiger partial charge in [-0.05, 0) is 19.1 Å². The molecule has 0 fully saturated rings. The summed E-state index contributed by atoms with van der Waals surface area (Å²) in [7, 11) is -4.09. The molecule has 10 heteroatoms. The Morgan fingerprint density at radius 2 is 2.05 bits per heavy atom. The lowest BCUT2D eigenvalue weighted by Gasteiger charge is -2.09. The molecule has 2 aromatic rings. The summed E-state index contributed by atoms with van der Waals surface area (Å²) in [5.74, 6) is -1.37. The Kier molecular flexibility index (Phi) is 4.43. The molecule has 2 rings (SSSR count). The Morgan fingerprint density at radius 3 is 2.57 bits per heavy atom. The van der Waals surface area contributed by atoms with E-state index in [1.165, 1.54) is 0 Å². The number of anilines is 1. The number of aromatic carboxylic acids is 1. The number of carboxylic acid groups (broad SMARTS) is 1. The number of sulfonamides is 1. The first kappa shape index (κ1) is 16.0. The summed E-state index contributed by atoms with van der Waals surface area (Å²) in [6.45, 7) is 1.71. The highest BCUT2D eigenvalue weighted by Crippen LogP contribution is 2.31. The second kappa shape index (κ2) is 5.80. The predicted octanol–water partition coefficient (Wildman–Crippen LogP) is 3.26. The molecule has 112 valence electrons. The van der Waals surface area contributed by atoms with Crippen molar-refractivity contribution in [2.75, 3.05) is 4.72 Å². The van der Waals surface area contributed by atoms with E-state index >= 15 is 0 Å². The van der Waals surface area contributed by atoms with Crippen molar-refractivity contribution in [3.8, 4) is 0 Å². The van der Waals surface area contributed by atoms with E-state index in [0.29, 0.717) is 5.69 Å². The van der Waals surface area contributed by atoms with E-state index in [2.05, 4.69) is 9.71 Å². The van der Waals surface area contributed by atoms with E-state index in [1.54, 1.807) is 12.3 Å². The normalized spacial score (nSPS) is 11.4. The topological polar surface area (TPSA) is 96.4 Å². The number of rotatable bonds is 4. The molecule has 1 heterocycles. The summed E-state index contributed by atoms with van der Waals surface area (Å²) in [6, 6.07) is 2.16. The van der Waals surface area contributed by atoms with Gasteiger partial charge >= 0.3 is 5.97 Å². The van der Waals surface area contributed by atoms with Gasteiger partial charge in [-0.1, -0.05) is 23.2 Å². The van der Waals surface area contributed by atoms with Gasteiger partial charge in [0.05, 0.1) is 16.3 Å². The van der Waals surface area contributed by atoms with E-state index in [0.717, 1.165) is 23.5 Å². The lowest BCUT2D eigenvalue weighted by Crippen LogP contribution is -2.15. The van der Waals surface area contributed by atoms with Crippen molar-refractivity contribution in [3.05, 3.63) is 38.8 Å². The molecule has 0 aliphatic carbocycles. The zero-order chi connectivity index (χ0) is 15.8. The summed E-state index contributed by atoms with van der Waals surface area (Å²) in [5.41, 5.74) is 0.265. The highest BCUT2D eigenvalue weighted by atomic mass is 35.5. The smallest absolute Gasteiger partial charge is 0.337 e. The molecule has 21 heavy (non-hydrogen) atoms. The molecule has 0 bridgehead atoms. The van der Waals surface area contributed by atoms with Crippen LogP contribution >= 0.6 is 34.5 Å². The summed E-state index contributed by atoms with van der Waals surface area (Å²) < 4.78 is 26.8. The number of nitrogens with zero attached hydrogens (tertiary/aromatic N) is 1. The lowest BCUT2D eigenvalue weighted by atomic mass is 10.2. The number of hydrogen-bond donors (Lipinski definition) is 2. The van der Waals surface area contributed by atoms with Gasteiger partial charge in [0.15, 0.2) is 5.13 Å². The number of aromatic nitrogens is 1. The van der Waals surface area contributed by atoms with Crippen molar-refractivity contribution in [1.82, 2.24) is 4.98 Å². The van der Waals surface area contributed by atoms with Crippen molar-refractivity contribution >= 4 is 55.7 Å². The van der Waals surface area contributed by atoms with Crippen molar-refractivity contribution in [1.29, 1.82) is 0 Å². The van der Waals surface area contributed by atoms with Crippen LogP contribution < -0.4 is 4.72 Å². The fraction of sp³-hybridized carbons (Fsp3) is 0.0909. The maximum absolute atomic E-state index is 12.3. The molecule has 0 atom stereocenters. The van der Waals surface area contributed by atoms with Crippen molar-refractivity contribution < 1.29 is 18.3 Å².